The second-order valence-electron chi connectivity index (χ2n) is 4.97. The van der Waals surface area contributed by atoms with Gasteiger partial charge in [0.1, 0.15) is 5.54 Å². The van der Waals surface area contributed by atoms with Crippen LogP contribution in [0.3, 0.4) is 0 Å². The molecule has 0 saturated heterocycles. The van der Waals surface area contributed by atoms with Crippen LogP contribution in [0.4, 0.5) is 10.1 Å². The van der Waals surface area contributed by atoms with Crippen molar-refractivity contribution in [3.05, 3.63) is 33.6 Å². The van der Waals surface area contributed by atoms with Crippen molar-refractivity contribution in [3.63, 3.8) is 0 Å². The van der Waals surface area contributed by atoms with Crippen molar-refractivity contribution in [2.24, 2.45) is 0 Å². The average Bonchev–Trinajstić information content (AvgIpc) is 2.46. The largest absolute Gasteiger partial charge is 0.490 e. The highest BCUT2D eigenvalue weighted by Crippen LogP contribution is 2.27. The van der Waals surface area contributed by atoms with Gasteiger partial charge in [-0.3, -0.25) is 10.1 Å². The summed E-state index contributed by atoms with van der Waals surface area (Å²) in [5.41, 5.74) is -0.576. The fourth-order valence-corrected chi connectivity index (χ4v) is 1.80. The molecule has 7 heteroatoms. The average molecular weight is 295 g/mol. The molecule has 0 aliphatic carbocycles. The third kappa shape index (κ3) is 4.39. The van der Waals surface area contributed by atoms with E-state index in [9.17, 15) is 14.5 Å². The summed E-state index contributed by atoms with van der Waals surface area (Å²) in [5, 5.41) is 22.6. The van der Waals surface area contributed by atoms with E-state index in [4.69, 9.17) is 10.00 Å². The molecule has 0 spiro atoms. The zero-order valence-corrected chi connectivity index (χ0v) is 12.3. The Labute approximate surface area is 122 Å². The van der Waals surface area contributed by atoms with E-state index in [2.05, 4.69) is 11.4 Å². The molecule has 0 amide bonds. The minimum atomic E-state index is -0.760. The lowest BCUT2D eigenvalue weighted by molar-refractivity contribution is -0.385. The van der Waals surface area contributed by atoms with E-state index in [1.165, 1.54) is 13.0 Å². The van der Waals surface area contributed by atoms with E-state index in [1.807, 2.05) is 0 Å². The zero-order chi connectivity index (χ0) is 16.0. The fraction of sp³-hybridized carbons (Fsp3) is 0.500. The first-order valence-electron chi connectivity index (χ1n) is 6.50. The molecular weight excluding hydrogens is 277 g/mol. The minimum Gasteiger partial charge on any atom is -0.490 e. The van der Waals surface area contributed by atoms with E-state index in [-0.39, 0.29) is 18.0 Å². The molecule has 0 bridgehead atoms. The summed E-state index contributed by atoms with van der Waals surface area (Å²) in [4.78, 5) is 10.1. The second-order valence-corrected chi connectivity index (χ2v) is 4.97. The molecule has 1 unspecified atom stereocenters. The minimum absolute atomic E-state index is 0.0128. The van der Waals surface area contributed by atoms with Crippen LogP contribution in [0, 0.1) is 34.2 Å². The number of hydrogen-bond donors (Lipinski definition) is 1. The number of halogens is 1. The molecule has 0 aliphatic rings. The van der Waals surface area contributed by atoms with Gasteiger partial charge >= 0.3 is 0 Å². The summed E-state index contributed by atoms with van der Waals surface area (Å²) in [7, 11) is 1.70. The quantitative estimate of drug-likeness (QED) is 0.474. The molecule has 0 aromatic heterocycles. The van der Waals surface area contributed by atoms with Gasteiger partial charge in [-0.2, -0.15) is 5.26 Å². The smallest absolute Gasteiger partial charge is 0.275 e. The first-order chi connectivity index (χ1) is 9.83. The molecular formula is C14H18FN3O3. The number of hydrogen-bond acceptors (Lipinski definition) is 5. The zero-order valence-electron chi connectivity index (χ0n) is 12.3. The number of rotatable bonds is 7. The molecule has 21 heavy (non-hydrogen) atoms. The Bertz CT molecular complexity index is 571. The maximum atomic E-state index is 13.7. The molecule has 114 valence electrons. The van der Waals surface area contributed by atoms with Gasteiger partial charge in [-0.15, -0.1) is 0 Å². The molecule has 0 aliphatic heterocycles. The summed E-state index contributed by atoms with van der Waals surface area (Å²) in [6, 6.07) is 4.32. The topological polar surface area (TPSA) is 88.2 Å². The number of benzene rings is 1. The number of nitro groups is 1. The van der Waals surface area contributed by atoms with Crippen LogP contribution in [0.2, 0.25) is 0 Å². The molecule has 0 saturated carbocycles. The van der Waals surface area contributed by atoms with Crippen molar-refractivity contribution in [1.29, 1.82) is 5.26 Å². The number of nitrogens with zero attached hydrogens (tertiary/aromatic N) is 2. The Morgan fingerprint density at radius 3 is 2.76 bits per heavy atom. The van der Waals surface area contributed by atoms with E-state index in [1.54, 1.807) is 14.0 Å². The van der Waals surface area contributed by atoms with Crippen molar-refractivity contribution in [2.45, 2.75) is 32.2 Å². The lowest BCUT2D eigenvalue weighted by atomic mass is 9.98. The normalized spacial score (nSPS) is 13.3. The van der Waals surface area contributed by atoms with Gasteiger partial charge < -0.3 is 10.1 Å². The van der Waals surface area contributed by atoms with Gasteiger partial charge in [0, 0.05) is 5.56 Å². The number of nitriles is 1. The van der Waals surface area contributed by atoms with Gasteiger partial charge in [0.25, 0.3) is 5.69 Å². The Balaban J connectivity index is 2.63. The Hall–Kier alpha value is -2.20. The van der Waals surface area contributed by atoms with Crippen LogP contribution in [-0.4, -0.2) is 24.1 Å². The number of nitrogens with one attached hydrogen (secondary N) is 1. The highest BCUT2D eigenvalue weighted by atomic mass is 19.1. The van der Waals surface area contributed by atoms with Crippen LogP contribution in [-0.2, 0) is 0 Å². The van der Waals surface area contributed by atoms with Gasteiger partial charge in [-0.1, -0.05) is 0 Å². The summed E-state index contributed by atoms with van der Waals surface area (Å²) < 4.78 is 19.0. The summed E-state index contributed by atoms with van der Waals surface area (Å²) >= 11 is 0. The molecule has 0 radical (unpaired) electrons. The van der Waals surface area contributed by atoms with Crippen molar-refractivity contribution in [3.8, 4) is 11.8 Å². The first kappa shape index (κ1) is 16.9. The van der Waals surface area contributed by atoms with Gasteiger partial charge in [-0.25, -0.2) is 4.39 Å². The van der Waals surface area contributed by atoms with Crippen molar-refractivity contribution < 1.29 is 14.1 Å². The lowest BCUT2D eigenvalue weighted by Gasteiger charge is -2.20. The standard InChI is InChI=1S/C14H18FN3O3/c1-10-7-13(11(15)8-12(10)18(19)20)21-6-4-5-14(2,9-16)17-3/h7-8,17H,4-6H2,1-3H3. The first-order valence-corrected chi connectivity index (χ1v) is 6.50. The van der Waals surface area contributed by atoms with Crippen molar-refractivity contribution >= 4 is 5.69 Å². The highest BCUT2D eigenvalue weighted by molar-refractivity contribution is 5.45. The van der Waals surface area contributed by atoms with Gasteiger partial charge in [-0.05, 0) is 39.8 Å². The summed E-state index contributed by atoms with van der Waals surface area (Å²) in [5.74, 6) is -0.773. The third-order valence-electron chi connectivity index (χ3n) is 3.32. The van der Waals surface area contributed by atoms with Gasteiger partial charge in [0.2, 0.25) is 0 Å². The Kier molecular flexibility index (Phi) is 5.61. The fourth-order valence-electron chi connectivity index (χ4n) is 1.80. The SMILES string of the molecule is CNC(C)(C#N)CCCOc1cc(C)c([N+](=O)[O-])cc1F. The second kappa shape index (κ2) is 6.99. The highest BCUT2D eigenvalue weighted by Gasteiger charge is 2.21. The maximum absolute atomic E-state index is 13.7. The predicted octanol–water partition coefficient (Wildman–Crippen LogP) is 2.70. The Morgan fingerprint density at radius 1 is 1.57 bits per heavy atom. The monoisotopic (exact) mass is 295 g/mol. The van der Waals surface area contributed by atoms with Crippen LogP contribution in [0.25, 0.3) is 0 Å². The molecule has 0 fully saturated rings. The maximum Gasteiger partial charge on any atom is 0.275 e. The molecule has 1 N–H and O–H groups in total. The summed E-state index contributed by atoms with van der Waals surface area (Å²) in [6.07, 6.45) is 1.11. The molecule has 1 rings (SSSR count). The van der Waals surface area contributed by atoms with E-state index < -0.39 is 16.3 Å². The van der Waals surface area contributed by atoms with Crippen molar-refractivity contribution in [2.75, 3.05) is 13.7 Å². The van der Waals surface area contributed by atoms with E-state index in [0.29, 0.717) is 18.4 Å². The van der Waals surface area contributed by atoms with Crippen LogP contribution in [0.5, 0.6) is 5.75 Å². The van der Waals surface area contributed by atoms with E-state index >= 15 is 0 Å². The van der Waals surface area contributed by atoms with Crippen LogP contribution in [0.1, 0.15) is 25.3 Å². The van der Waals surface area contributed by atoms with Crippen molar-refractivity contribution in [1.82, 2.24) is 5.32 Å². The Morgan fingerprint density at radius 2 is 2.24 bits per heavy atom. The lowest BCUT2D eigenvalue weighted by Crippen LogP contribution is -2.38. The molecule has 1 aromatic carbocycles. The molecule has 6 nitrogen and oxygen atoms in total. The van der Waals surface area contributed by atoms with Crippen LogP contribution < -0.4 is 10.1 Å². The van der Waals surface area contributed by atoms with E-state index in [0.717, 1.165) is 6.07 Å². The van der Waals surface area contributed by atoms with Gasteiger partial charge in [0.15, 0.2) is 11.6 Å². The molecule has 0 heterocycles. The molecule has 1 aromatic rings. The third-order valence-corrected chi connectivity index (χ3v) is 3.32. The molecule has 1 atom stereocenters. The number of ether oxygens (including phenoxy) is 1. The van der Waals surface area contributed by atoms with Crippen LogP contribution >= 0.6 is 0 Å². The number of aryl methyl sites for hydroxylation is 1. The van der Waals surface area contributed by atoms with Gasteiger partial charge in [0.05, 0.1) is 23.7 Å². The number of nitro benzene ring substituents is 1. The predicted molar refractivity (Wildman–Crippen MR) is 75.6 cm³/mol. The van der Waals surface area contributed by atoms with Crippen LogP contribution in [0.15, 0.2) is 12.1 Å². The summed E-state index contributed by atoms with van der Waals surface area (Å²) in [6.45, 7) is 3.52.